The Hall–Kier alpha value is -0.260. The molecule has 0 bridgehead atoms. The summed E-state index contributed by atoms with van der Waals surface area (Å²) >= 11 is 0. The Bertz CT molecular complexity index is 291. The Labute approximate surface area is 127 Å². The zero-order chi connectivity index (χ0) is 14.4. The van der Waals surface area contributed by atoms with Crippen LogP contribution in [-0.4, -0.2) is 0 Å². The van der Waals surface area contributed by atoms with Crippen molar-refractivity contribution >= 4 is 0 Å². The van der Waals surface area contributed by atoms with Crippen LogP contribution in [0, 0.1) is 17.3 Å². The highest BCUT2D eigenvalue weighted by Gasteiger charge is 2.30. The molecular weight excluding hydrogens is 240 g/mol. The van der Waals surface area contributed by atoms with Crippen LogP contribution in [0.15, 0.2) is 12.2 Å². The summed E-state index contributed by atoms with van der Waals surface area (Å²) in [6.07, 6.45) is 19.1. The lowest BCUT2D eigenvalue weighted by Crippen LogP contribution is -2.24. The van der Waals surface area contributed by atoms with Gasteiger partial charge in [0.2, 0.25) is 0 Å². The van der Waals surface area contributed by atoms with Crippen LogP contribution in [0.2, 0.25) is 0 Å². The van der Waals surface area contributed by atoms with Crippen molar-refractivity contribution in [2.45, 2.75) is 97.3 Å². The van der Waals surface area contributed by atoms with E-state index < -0.39 is 0 Å². The standard InChI is InChI=1S/C20H36/c1-17(2)20(3,16-19-12-8-5-9-13-19)15-14-18-10-6-4-7-11-18/h18-19H,1,4-16H2,2-3H3. The maximum absolute atomic E-state index is 4.36. The Kier molecular flexibility index (Phi) is 6.18. The first-order chi connectivity index (χ1) is 9.60. The zero-order valence-corrected chi connectivity index (χ0v) is 14.1. The van der Waals surface area contributed by atoms with Crippen molar-refractivity contribution in [1.29, 1.82) is 0 Å². The van der Waals surface area contributed by atoms with E-state index in [0.29, 0.717) is 5.41 Å². The molecule has 0 spiro atoms. The minimum Gasteiger partial charge on any atom is -0.0996 e. The normalized spacial score (nSPS) is 25.3. The van der Waals surface area contributed by atoms with Gasteiger partial charge in [-0.15, -0.1) is 0 Å². The molecule has 0 aliphatic heterocycles. The summed E-state index contributed by atoms with van der Waals surface area (Å²) in [6, 6.07) is 0. The third-order valence-corrected chi connectivity index (χ3v) is 6.32. The fourth-order valence-electron chi connectivity index (χ4n) is 4.52. The predicted octanol–water partition coefficient (Wildman–Crippen LogP) is 6.90. The highest BCUT2D eigenvalue weighted by molar-refractivity contribution is 5.06. The van der Waals surface area contributed by atoms with E-state index in [1.807, 2.05) is 0 Å². The number of rotatable bonds is 6. The van der Waals surface area contributed by atoms with Crippen molar-refractivity contribution in [3.63, 3.8) is 0 Å². The third kappa shape index (κ3) is 4.64. The lowest BCUT2D eigenvalue weighted by Gasteiger charge is -2.37. The predicted molar refractivity (Wildman–Crippen MR) is 89.9 cm³/mol. The molecule has 0 saturated heterocycles. The second kappa shape index (κ2) is 7.66. The number of hydrogen-bond acceptors (Lipinski definition) is 0. The van der Waals surface area contributed by atoms with Crippen LogP contribution in [0.5, 0.6) is 0 Å². The van der Waals surface area contributed by atoms with Gasteiger partial charge in [0.25, 0.3) is 0 Å². The molecule has 0 heteroatoms. The van der Waals surface area contributed by atoms with Gasteiger partial charge in [-0.1, -0.05) is 83.3 Å². The van der Waals surface area contributed by atoms with Gasteiger partial charge in [0.1, 0.15) is 0 Å². The van der Waals surface area contributed by atoms with Gasteiger partial charge in [0.15, 0.2) is 0 Å². The van der Waals surface area contributed by atoms with Crippen molar-refractivity contribution in [3.8, 4) is 0 Å². The molecule has 0 nitrogen and oxygen atoms in total. The summed E-state index contributed by atoms with van der Waals surface area (Å²) in [6.45, 7) is 9.14. The van der Waals surface area contributed by atoms with Gasteiger partial charge >= 0.3 is 0 Å². The summed E-state index contributed by atoms with van der Waals surface area (Å²) in [4.78, 5) is 0. The van der Waals surface area contributed by atoms with E-state index in [1.165, 1.54) is 89.0 Å². The summed E-state index contributed by atoms with van der Waals surface area (Å²) < 4.78 is 0. The van der Waals surface area contributed by atoms with Crippen LogP contribution >= 0.6 is 0 Å². The molecule has 0 aromatic heterocycles. The largest absolute Gasteiger partial charge is 0.0996 e. The van der Waals surface area contributed by atoms with E-state index in [-0.39, 0.29) is 0 Å². The first-order valence-electron chi connectivity index (χ1n) is 9.26. The van der Waals surface area contributed by atoms with Gasteiger partial charge in [-0.3, -0.25) is 0 Å². The molecular formula is C20H36. The van der Waals surface area contributed by atoms with Crippen molar-refractivity contribution in [1.82, 2.24) is 0 Å². The van der Waals surface area contributed by atoms with E-state index in [0.717, 1.165) is 11.8 Å². The summed E-state index contributed by atoms with van der Waals surface area (Å²) in [7, 11) is 0. The zero-order valence-electron chi connectivity index (χ0n) is 14.1. The van der Waals surface area contributed by atoms with Gasteiger partial charge in [-0.2, -0.15) is 0 Å². The van der Waals surface area contributed by atoms with Gasteiger partial charge in [0.05, 0.1) is 0 Å². The van der Waals surface area contributed by atoms with Crippen LogP contribution in [0.25, 0.3) is 0 Å². The van der Waals surface area contributed by atoms with Crippen LogP contribution < -0.4 is 0 Å². The third-order valence-electron chi connectivity index (χ3n) is 6.32. The molecule has 0 aromatic carbocycles. The summed E-state index contributed by atoms with van der Waals surface area (Å²) in [5.41, 5.74) is 1.86. The molecule has 2 aliphatic carbocycles. The second-order valence-electron chi connectivity index (χ2n) is 8.09. The quantitative estimate of drug-likeness (QED) is 0.463. The molecule has 20 heavy (non-hydrogen) atoms. The molecule has 1 atom stereocenters. The molecule has 0 aromatic rings. The summed E-state index contributed by atoms with van der Waals surface area (Å²) in [5, 5.41) is 0. The van der Waals surface area contributed by atoms with Crippen LogP contribution in [0.3, 0.4) is 0 Å². The maximum atomic E-state index is 4.36. The molecule has 0 amide bonds. The monoisotopic (exact) mass is 276 g/mol. The topological polar surface area (TPSA) is 0 Å². The highest BCUT2D eigenvalue weighted by Crippen LogP contribution is 2.43. The molecule has 0 N–H and O–H groups in total. The van der Waals surface area contributed by atoms with Gasteiger partial charge < -0.3 is 0 Å². The lowest BCUT2D eigenvalue weighted by atomic mass is 9.68. The van der Waals surface area contributed by atoms with Crippen molar-refractivity contribution in [2.24, 2.45) is 17.3 Å². The first-order valence-corrected chi connectivity index (χ1v) is 9.26. The Morgan fingerprint density at radius 2 is 1.40 bits per heavy atom. The van der Waals surface area contributed by atoms with E-state index in [2.05, 4.69) is 20.4 Å². The van der Waals surface area contributed by atoms with E-state index in [4.69, 9.17) is 0 Å². The molecule has 116 valence electrons. The van der Waals surface area contributed by atoms with E-state index in [1.54, 1.807) is 0 Å². The maximum Gasteiger partial charge on any atom is -0.0119 e. The van der Waals surface area contributed by atoms with E-state index in [9.17, 15) is 0 Å². The minimum absolute atomic E-state index is 0.416. The van der Waals surface area contributed by atoms with Crippen molar-refractivity contribution in [2.75, 3.05) is 0 Å². The number of allylic oxidation sites excluding steroid dienone is 1. The fraction of sp³-hybridized carbons (Fsp3) is 0.900. The highest BCUT2D eigenvalue weighted by atomic mass is 14.4. The van der Waals surface area contributed by atoms with Crippen LogP contribution in [-0.2, 0) is 0 Å². The summed E-state index contributed by atoms with van der Waals surface area (Å²) in [5.74, 6) is 2.01. The molecule has 2 fully saturated rings. The molecule has 2 rings (SSSR count). The molecule has 0 radical (unpaired) electrons. The Morgan fingerprint density at radius 1 is 0.900 bits per heavy atom. The van der Waals surface area contributed by atoms with Gasteiger partial charge in [-0.05, 0) is 43.4 Å². The van der Waals surface area contributed by atoms with Crippen LogP contribution in [0.1, 0.15) is 97.3 Å². The minimum atomic E-state index is 0.416. The molecule has 2 saturated carbocycles. The van der Waals surface area contributed by atoms with Crippen LogP contribution in [0.4, 0.5) is 0 Å². The van der Waals surface area contributed by atoms with E-state index >= 15 is 0 Å². The molecule has 0 heterocycles. The SMILES string of the molecule is C=C(C)C(C)(CCC1CCCCC1)CC1CCCCC1. The lowest BCUT2D eigenvalue weighted by molar-refractivity contribution is 0.202. The fourth-order valence-corrected chi connectivity index (χ4v) is 4.52. The second-order valence-corrected chi connectivity index (χ2v) is 8.09. The first kappa shape index (κ1) is 16.1. The average Bonchev–Trinajstić information content (AvgIpc) is 2.47. The van der Waals surface area contributed by atoms with Crippen molar-refractivity contribution < 1.29 is 0 Å². The molecule has 2 aliphatic rings. The van der Waals surface area contributed by atoms with Gasteiger partial charge in [0, 0.05) is 0 Å². The Balaban J connectivity index is 1.84. The smallest absolute Gasteiger partial charge is 0.0119 e. The van der Waals surface area contributed by atoms with Gasteiger partial charge in [-0.25, -0.2) is 0 Å². The molecule has 1 unspecified atom stereocenters. The number of hydrogen-bond donors (Lipinski definition) is 0. The Morgan fingerprint density at radius 3 is 1.90 bits per heavy atom. The average molecular weight is 277 g/mol. The van der Waals surface area contributed by atoms with Crippen molar-refractivity contribution in [3.05, 3.63) is 12.2 Å².